The van der Waals surface area contributed by atoms with E-state index in [4.69, 9.17) is 4.74 Å². The van der Waals surface area contributed by atoms with Crippen molar-refractivity contribution in [3.05, 3.63) is 96.3 Å². The second kappa shape index (κ2) is 8.52. The molecule has 3 aromatic carbocycles. The first-order valence-corrected chi connectivity index (χ1v) is 10.6. The molecule has 2 aromatic heterocycles. The Morgan fingerprint density at radius 3 is 2.58 bits per heavy atom. The van der Waals surface area contributed by atoms with Gasteiger partial charge in [-0.05, 0) is 54.7 Å². The molecule has 0 amide bonds. The predicted octanol–water partition coefficient (Wildman–Crippen LogP) is 6.64. The number of anilines is 2. The molecule has 0 radical (unpaired) electrons. The summed E-state index contributed by atoms with van der Waals surface area (Å²) in [4.78, 5) is 7.80. The number of H-pyrrole nitrogens is 1. The minimum absolute atomic E-state index is 0.919. The van der Waals surface area contributed by atoms with E-state index in [2.05, 4.69) is 70.0 Å². The first kappa shape index (κ1) is 19.2. The van der Waals surface area contributed by atoms with E-state index in [1.54, 1.807) is 7.11 Å². The predicted molar refractivity (Wildman–Crippen MR) is 128 cm³/mol. The summed E-state index contributed by atoms with van der Waals surface area (Å²) in [6.45, 7) is 0. The molecule has 2 heterocycles. The lowest BCUT2D eigenvalue weighted by atomic mass is 10.0. The minimum Gasteiger partial charge on any atom is -0.496 e. The Morgan fingerprint density at radius 1 is 0.871 bits per heavy atom. The molecule has 0 saturated heterocycles. The fourth-order valence-corrected chi connectivity index (χ4v) is 4.20. The third-order valence-corrected chi connectivity index (χ3v) is 5.78. The molecule has 0 saturated carbocycles. The van der Waals surface area contributed by atoms with E-state index in [1.807, 2.05) is 30.5 Å². The maximum atomic E-state index is 5.71. The molecule has 0 unspecified atom stereocenters. The third kappa shape index (κ3) is 3.97. The first-order valence-electron chi connectivity index (χ1n) is 10.6. The van der Waals surface area contributed by atoms with Gasteiger partial charge in [-0.1, -0.05) is 42.5 Å². The van der Waals surface area contributed by atoms with Crippen LogP contribution in [0.2, 0.25) is 0 Å². The SMILES string of the molecule is COc1cc(Nc2ccnc3ccccc23)ccc1CCCc1c[nH]c2ccccc12. The molecule has 4 nitrogen and oxygen atoms in total. The van der Waals surface area contributed by atoms with Gasteiger partial charge in [-0.15, -0.1) is 0 Å². The molecule has 0 aliphatic heterocycles. The molecule has 4 heteroatoms. The number of hydrogen-bond donors (Lipinski definition) is 2. The third-order valence-electron chi connectivity index (χ3n) is 5.78. The molecule has 0 atom stereocenters. The number of fused-ring (bicyclic) bond motifs is 2. The van der Waals surface area contributed by atoms with Crippen molar-refractivity contribution in [2.45, 2.75) is 19.3 Å². The lowest BCUT2D eigenvalue weighted by Gasteiger charge is -2.13. The van der Waals surface area contributed by atoms with Crippen LogP contribution in [0.1, 0.15) is 17.5 Å². The Hall–Kier alpha value is -3.79. The Balaban J connectivity index is 1.30. The van der Waals surface area contributed by atoms with Gasteiger partial charge in [0.05, 0.1) is 12.6 Å². The summed E-state index contributed by atoms with van der Waals surface area (Å²) < 4.78 is 5.71. The normalized spacial score (nSPS) is 11.1. The highest BCUT2D eigenvalue weighted by Gasteiger charge is 2.08. The highest BCUT2D eigenvalue weighted by molar-refractivity contribution is 5.92. The van der Waals surface area contributed by atoms with E-state index < -0.39 is 0 Å². The highest BCUT2D eigenvalue weighted by Crippen LogP contribution is 2.30. The quantitative estimate of drug-likeness (QED) is 0.318. The number of pyridine rings is 1. The van der Waals surface area contributed by atoms with Crippen LogP contribution in [0.25, 0.3) is 21.8 Å². The molecule has 0 aliphatic rings. The van der Waals surface area contributed by atoms with Crippen LogP contribution in [0, 0.1) is 0 Å². The van der Waals surface area contributed by atoms with Gasteiger partial charge < -0.3 is 15.0 Å². The van der Waals surface area contributed by atoms with Gasteiger partial charge in [0.25, 0.3) is 0 Å². The Bertz CT molecular complexity index is 1330. The number of ether oxygens (including phenoxy) is 1. The van der Waals surface area contributed by atoms with E-state index in [9.17, 15) is 0 Å². The summed E-state index contributed by atoms with van der Waals surface area (Å²) in [5.74, 6) is 0.919. The van der Waals surface area contributed by atoms with Crippen LogP contribution in [0.3, 0.4) is 0 Å². The number of para-hydroxylation sites is 2. The number of nitrogens with one attached hydrogen (secondary N) is 2. The van der Waals surface area contributed by atoms with E-state index in [1.165, 1.54) is 22.0 Å². The van der Waals surface area contributed by atoms with Crippen molar-refractivity contribution in [1.82, 2.24) is 9.97 Å². The Morgan fingerprint density at radius 2 is 1.68 bits per heavy atom. The Kier molecular flexibility index (Phi) is 5.28. The van der Waals surface area contributed by atoms with Gasteiger partial charge in [-0.25, -0.2) is 0 Å². The maximum Gasteiger partial charge on any atom is 0.124 e. The zero-order chi connectivity index (χ0) is 21.0. The van der Waals surface area contributed by atoms with Gasteiger partial charge >= 0.3 is 0 Å². The van der Waals surface area contributed by atoms with Crippen molar-refractivity contribution < 1.29 is 4.74 Å². The standard InChI is InChI=1S/C27H25N3O/c1-31-27-17-21(30-26-15-16-28-25-12-5-3-10-23(25)26)14-13-19(27)7-6-8-20-18-29-24-11-4-2-9-22(20)24/h2-5,9-18,29H,6-8H2,1H3,(H,28,30). The average Bonchev–Trinajstić information content (AvgIpc) is 3.23. The lowest BCUT2D eigenvalue weighted by molar-refractivity contribution is 0.409. The summed E-state index contributed by atoms with van der Waals surface area (Å²) in [7, 11) is 1.74. The number of rotatable bonds is 7. The molecule has 2 N–H and O–H groups in total. The number of aromatic nitrogens is 2. The van der Waals surface area contributed by atoms with Crippen molar-refractivity contribution in [2.75, 3.05) is 12.4 Å². The van der Waals surface area contributed by atoms with Gasteiger partial charge in [-0.2, -0.15) is 0 Å². The molecule has 31 heavy (non-hydrogen) atoms. The summed E-state index contributed by atoms with van der Waals surface area (Å²) in [6.07, 6.45) is 7.05. The summed E-state index contributed by atoms with van der Waals surface area (Å²) in [5, 5.41) is 5.94. The van der Waals surface area contributed by atoms with Gasteiger partial charge in [-0.3, -0.25) is 4.98 Å². The molecule has 154 valence electrons. The number of aryl methyl sites for hydroxylation is 2. The molecule has 0 spiro atoms. The summed E-state index contributed by atoms with van der Waals surface area (Å²) >= 11 is 0. The molecule has 5 aromatic rings. The van der Waals surface area contributed by atoms with Crippen LogP contribution in [-0.2, 0) is 12.8 Å². The summed E-state index contributed by atoms with van der Waals surface area (Å²) in [6, 6.07) is 25.0. The molecule has 5 rings (SSSR count). The molecule has 0 bridgehead atoms. The van der Waals surface area contributed by atoms with Crippen molar-refractivity contribution >= 4 is 33.2 Å². The van der Waals surface area contributed by atoms with Crippen LogP contribution in [0.4, 0.5) is 11.4 Å². The molecule has 0 fully saturated rings. The zero-order valence-electron chi connectivity index (χ0n) is 17.6. The number of methoxy groups -OCH3 is 1. The van der Waals surface area contributed by atoms with Gasteiger partial charge in [0.15, 0.2) is 0 Å². The monoisotopic (exact) mass is 407 g/mol. The topological polar surface area (TPSA) is 49.9 Å². The van der Waals surface area contributed by atoms with Crippen LogP contribution in [-0.4, -0.2) is 17.1 Å². The van der Waals surface area contributed by atoms with E-state index in [0.717, 1.165) is 47.3 Å². The van der Waals surface area contributed by atoms with Gasteiger partial charge in [0.2, 0.25) is 0 Å². The van der Waals surface area contributed by atoms with Gasteiger partial charge in [0.1, 0.15) is 5.75 Å². The van der Waals surface area contributed by atoms with Gasteiger partial charge in [0, 0.05) is 46.1 Å². The first-order chi connectivity index (χ1) is 15.3. The zero-order valence-corrected chi connectivity index (χ0v) is 17.6. The molecular formula is C27H25N3O. The number of benzene rings is 3. The average molecular weight is 408 g/mol. The van der Waals surface area contributed by atoms with Crippen LogP contribution >= 0.6 is 0 Å². The van der Waals surface area contributed by atoms with E-state index in [-0.39, 0.29) is 0 Å². The smallest absolute Gasteiger partial charge is 0.124 e. The van der Waals surface area contributed by atoms with Crippen LogP contribution in [0.5, 0.6) is 5.75 Å². The lowest BCUT2D eigenvalue weighted by Crippen LogP contribution is -1.97. The van der Waals surface area contributed by atoms with Crippen molar-refractivity contribution in [2.24, 2.45) is 0 Å². The Labute approximate surface area is 181 Å². The highest BCUT2D eigenvalue weighted by atomic mass is 16.5. The second-order valence-electron chi connectivity index (χ2n) is 7.74. The maximum absolute atomic E-state index is 5.71. The molecular weight excluding hydrogens is 382 g/mol. The number of aromatic amines is 1. The largest absolute Gasteiger partial charge is 0.496 e. The number of nitrogens with zero attached hydrogens (tertiary/aromatic N) is 1. The second-order valence-corrected chi connectivity index (χ2v) is 7.74. The molecule has 0 aliphatic carbocycles. The fourth-order valence-electron chi connectivity index (χ4n) is 4.20. The van der Waals surface area contributed by atoms with E-state index in [0.29, 0.717) is 0 Å². The van der Waals surface area contributed by atoms with Crippen molar-refractivity contribution in [3.8, 4) is 5.75 Å². The fraction of sp³-hybridized carbons (Fsp3) is 0.148. The van der Waals surface area contributed by atoms with Crippen LogP contribution < -0.4 is 10.1 Å². The van der Waals surface area contributed by atoms with Crippen LogP contribution in [0.15, 0.2) is 85.2 Å². The van der Waals surface area contributed by atoms with Crippen molar-refractivity contribution in [1.29, 1.82) is 0 Å². The summed E-state index contributed by atoms with van der Waals surface area (Å²) in [5.41, 5.74) is 6.83. The number of hydrogen-bond acceptors (Lipinski definition) is 3. The van der Waals surface area contributed by atoms with Crippen molar-refractivity contribution in [3.63, 3.8) is 0 Å². The van der Waals surface area contributed by atoms with E-state index >= 15 is 0 Å². The minimum atomic E-state index is 0.919.